The second-order valence-electron chi connectivity index (χ2n) is 2.21. The Labute approximate surface area is 74.4 Å². The minimum absolute atomic E-state index is 0.944. The van der Waals surface area contributed by atoms with E-state index < -0.39 is 0 Å². The normalized spacial score (nSPS) is 8.33. The number of hydrogen-bond donors (Lipinski definition) is 1. The van der Waals surface area contributed by atoms with Crippen molar-refractivity contribution in [3.05, 3.63) is 29.8 Å². The zero-order valence-electron chi connectivity index (χ0n) is 8.00. The highest BCUT2D eigenvalue weighted by molar-refractivity contribution is 5.28. The minimum Gasteiger partial charge on any atom is -0.497 e. The molecule has 0 aliphatic rings. The second-order valence-corrected chi connectivity index (χ2v) is 2.21. The van der Waals surface area contributed by atoms with Crippen molar-refractivity contribution in [1.82, 2.24) is 0 Å². The number of rotatable bonds is 2. The van der Waals surface area contributed by atoms with E-state index >= 15 is 0 Å². The Kier molecular flexibility index (Phi) is 6.11. The third-order valence-electron chi connectivity index (χ3n) is 1.54. The molecule has 12 heavy (non-hydrogen) atoms. The highest BCUT2D eigenvalue weighted by Gasteiger charge is 1.90. The smallest absolute Gasteiger partial charge is 0.119 e. The molecule has 2 nitrogen and oxygen atoms in total. The fraction of sp³-hybridized carbons (Fsp3) is 0.400. The summed E-state index contributed by atoms with van der Waals surface area (Å²) in [6, 6.07) is 8.12. The quantitative estimate of drug-likeness (QED) is 0.729. The fourth-order valence-electron chi connectivity index (χ4n) is 0.892. The Hall–Kier alpha value is -1.02. The Bertz CT molecular complexity index is 191. The standard InChI is InChI=1S/C9H12O.CH5N/c1-3-8-5-4-6-9(7-8)10-2;1-2/h4-7H,3H2,1-2H3;2H2,1H3. The molecule has 0 unspecified atom stereocenters. The molecule has 0 fully saturated rings. The lowest BCUT2D eigenvalue weighted by Gasteiger charge is -2.00. The van der Waals surface area contributed by atoms with Crippen LogP contribution in [0.2, 0.25) is 0 Å². The predicted octanol–water partition coefficient (Wildman–Crippen LogP) is 1.83. The molecule has 0 radical (unpaired) electrons. The van der Waals surface area contributed by atoms with Crippen molar-refractivity contribution in [2.45, 2.75) is 13.3 Å². The molecule has 0 amide bonds. The molecule has 0 heterocycles. The number of nitrogens with two attached hydrogens (primary N) is 1. The molecule has 1 rings (SSSR count). The zero-order chi connectivity index (χ0) is 9.40. The summed E-state index contributed by atoms with van der Waals surface area (Å²) >= 11 is 0. The SMILES string of the molecule is CCc1cccc(OC)c1.CN. The van der Waals surface area contributed by atoms with E-state index in [9.17, 15) is 0 Å². The average Bonchev–Trinajstić information content (AvgIpc) is 2.21. The lowest BCUT2D eigenvalue weighted by molar-refractivity contribution is 0.414. The third kappa shape index (κ3) is 3.39. The number of aryl methyl sites for hydroxylation is 1. The van der Waals surface area contributed by atoms with Gasteiger partial charge < -0.3 is 10.5 Å². The van der Waals surface area contributed by atoms with Gasteiger partial charge in [0.1, 0.15) is 5.75 Å². The maximum absolute atomic E-state index is 5.06. The largest absolute Gasteiger partial charge is 0.497 e. The first kappa shape index (κ1) is 11.0. The molecule has 0 aromatic heterocycles. The molecule has 2 heteroatoms. The van der Waals surface area contributed by atoms with Gasteiger partial charge in [-0.3, -0.25) is 0 Å². The van der Waals surface area contributed by atoms with Crippen molar-refractivity contribution in [2.24, 2.45) is 5.73 Å². The first-order chi connectivity index (χ1) is 5.86. The van der Waals surface area contributed by atoms with Crippen LogP contribution in [-0.2, 0) is 6.42 Å². The van der Waals surface area contributed by atoms with E-state index in [1.165, 1.54) is 12.6 Å². The monoisotopic (exact) mass is 167 g/mol. The van der Waals surface area contributed by atoms with Gasteiger partial charge in [0.05, 0.1) is 7.11 Å². The molecule has 0 spiro atoms. The van der Waals surface area contributed by atoms with E-state index in [4.69, 9.17) is 4.74 Å². The van der Waals surface area contributed by atoms with Crippen LogP contribution < -0.4 is 10.5 Å². The Morgan fingerprint density at radius 1 is 1.33 bits per heavy atom. The summed E-state index contributed by atoms with van der Waals surface area (Å²) in [5.41, 5.74) is 5.82. The average molecular weight is 167 g/mol. The van der Waals surface area contributed by atoms with Gasteiger partial charge in [-0.15, -0.1) is 0 Å². The van der Waals surface area contributed by atoms with Crippen molar-refractivity contribution in [2.75, 3.05) is 14.2 Å². The van der Waals surface area contributed by atoms with Gasteiger partial charge >= 0.3 is 0 Å². The predicted molar refractivity (Wildman–Crippen MR) is 52.5 cm³/mol. The minimum atomic E-state index is 0.944. The summed E-state index contributed by atoms with van der Waals surface area (Å²) in [5.74, 6) is 0.944. The summed E-state index contributed by atoms with van der Waals surface area (Å²) < 4.78 is 5.06. The summed E-state index contributed by atoms with van der Waals surface area (Å²) in [7, 11) is 3.19. The molecule has 0 saturated carbocycles. The summed E-state index contributed by atoms with van der Waals surface area (Å²) in [6.45, 7) is 2.13. The highest BCUT2D eigenvalue weighted by Crippen LogP contribution is 2.12. The van der Waals surface area contributed by atoms with E-state index in [-0.39, 0.29) is 0 Å². The molecular weight excluding hydrogens is 150 g/mol. The van der Waals surface area contributed by atoms with Crippen molar-refractivity contribution < 1.29 is 4.74 Å². The lowest BCUT2D eigenvalue weighted by Crippen LogP contribution is -1.84. The van der Waals surface area contributed by atoms with Crippen LogP contribution >= 0.6 is 0 Å². The summed E-state index contributed by atoms with van der Waals surface area (Å²) in [4.78, 5) is 0. The number of ether oxygens (including phenoxy) is 1. The van der Waals surface area contributed by atoms with Gasteiger partial charge in [-0.1, -0.05) is 19.1 Å². The highest BCUT2D eigenvalue weighted by atomic mass is 16.5. The van der Waals surface area contributed by atoms with E-state index in [1.54, 1.807) is 7.11 Å². The van der Waals surface area contributed by atoms with Crippen LogP contribution in [0.25, 0.3) is 0 Å². The van der Waals surface area contributed by atoms with Crippen LogP contribution in [0.15, 0.2) is 24.3 Å². The van der Waals surface area contributed by atoms with Crippen LogP contribution in [0, 0.1) is 0 Å². The van der Waals surface area contributed by atoms with Crippen LogP contribution in [0.1, 0.15) is 12.5 Å². The van der Waals surface area contributed by atoms with Gasteiger partial charge in [0.15, 0.2) is 0 Å². The molecule has 0 aliphatic heterocycles. The first-order valence-corrected chi connectivity index (χ1v) is 4.07. The number of benzene rings is 1. The van der Waals surface area contributed by atoms with Gasteiger partial charge in [0.25, 0.3) is 0 Å². The molecule has 2 N–H and O–H groups in total. The molecular formula is C10H17NO. The van der Waals surface area contributed by atoms with Gasteiger partial charge in [0, 0.05) is 0 Å². The third-order valence-corrected chi connectivity index (χ3v) is 1.54. The van der Waals surface area contributed by atoms with Crippen LogP contribution in [-0.4, -0.2) is 14.2 Å². The van der Waals surface area contributed by atoms with Gasteiger partial charge in [-0.05, 0) is 31.2 Å². The van der Waals surface area contributed by atoms with Gasteiger partial charge in [0.2, 0.25) is 0 Å². The van der Waals surface area contributed by atoms with E-state index in [0.717, 1.165) is 12.2 Å². The molecule has 0 atom stereocenters. The molecule has 0 saturated heterocycles. The lowest BCUT2D eigenvalue weighted by atomic mass is 10.2. The fourth-order valence-corrected chi connectivity index (χ4v) is 0.892. The van der Waals surface area contributed by atoms with Gasteiger partial charge in [-0.25, -0.2) is 0 Å². The maximum atomic E-state index is 5.06. The first-order valence-electron chi connectivity index (χ1n) is 4.07. The number of methoxy groups -OCH3 is 1. The van der Waals surface area contributed by atoms with E-state index in [2.05, 4.69) is 24.8 Å². The topological polar surface area (TPSA) is 35.2 Å². The molecule has 1 aromatic rings. The molecule has 68 valence electrons. The van der Waals surface area contributed by atoms with Crippen LogP contribution in [0.5, 0.6) is 5.75 Å². The Balaban J connectivity index is 0.000000561. The maximum Gasteiger partial charge on any atom is 0.119 e. The van der Waals surface area contributed by atoms with Crippen molar-refractivity contribution in [3.8, 4) is 5.75 Å². The van der Waals surface area contributed by atoms with Crippen molar-refractivity contribution in [1.29, 1.82) is 0 Å². The van der Waals surface area contributed by atoms with Crippen LogP contribution in [0.3, 0.4) is 0 Å². The Morgan fingerprint density at radius 2 is 2.00 bits per heavy atom. The molecule has 0 bridgehead atoms. The van der Waals surface area contributed by atoms with E-state index in [0.29, 0.717) is 0 Å². The van der Waals surface area contributed by atoms with Crippen molar-refractivity contribution >= 4 is 0 Å². The summed E-state index contributed by atoms with van der Waals surface area (Å²) in [6.07, 6.45) is 1.07. The summed E-state index contributed by atoms with van der Waals surface area (Å²) in [5, 5.41) is 0. The van der Waals surface area contributed by atoms with Gasteiger partial charge in [-0.2, -0.15) is 0 Å². The van der Waals surface area contributed by atoms with Crippen LogP contribution in [0.4, 0.5) is 0 Å². The molecule has 0 aliphatic carbocycles. The molecule has 1 aromatic carbocycles. The second kappa shape index (κ2) is 6.68. The van der Waals surface area contributed by atoms with E-state index in [1.807, 2.05) is 12.1 Å². The number of hydrogen-bond acceptors (Lipinski definition) is 2. The zero-order valence-corrected chi connectivity index (χ0v) is 8.00. The van der Waals surface area contributed by atoms with Crippen molar-refractivity contribution in [3.63, 3.8) is 0 Å². The Morgan fingerprint density at radius 3 is 2.50 bits per heavy atom.